The van der Waals surface area contributed by atoms with Crippen molar-refractivity contribution in [3.8, 4) is 5.75 Å². The number of pyridine rings is 1. The Labute approximate surface area is 165 Å². The van der Waals surface area contributed by atoms with E-state index in [1.165, 1.54) is 11.1 Å². The molecule has 0 amide bonds. The van der Waals surface area contributed by atoms with Gasteiger partial charge in [0.1, 0.15) is 5.75 Å². The van der Waals surface area contributed by atoms with Crippen LogP contribution in [0, 0.1) is 5.41 Å². The number of rotatable bonds is 4. The monoisotopic (exact) mass is 376 g/mol. The molecule has 0 unspecified atom stereocenters. The van der Waals surface area contributed by atoms with Crippen LogP contribution in [0.25, 0.3) is 0 Å². The highest BCUT2D eigenvalue weighted by Gasteiger charge is 2.44. The van der Waals surface area contributed by atoms with Crippen molar-refractivity contribution in [1.82, 2.24) is 4.98 Å². The van der Waals surface area contributed by atoms with Crippen molar-refractivity contribution in [1.29, 1.82) is 0 Å². The minimum Gasteiger partial charge on any atom is -0.497 e. The quantitative estimate of drug-likeness (QED) is 0.595. The summed E-state index contributed by atoms with van der Waals surface area (Å²) in [5, 5.41) is 5.06. The summed E-state index contributed by atoms with van der Waals surface area (Å²) in [6, 6.07) is 23.3. The Morgan fingerprint density at radius 3 is 2.48 bits per heavy atom. The number of fused-ring (bicyclic) bond motifs is 1. The van der Waals surface area contributed by atoms with Gasteiger partial charge in [0.25, 0.3) is 0 Å². The molecule has 27 heavy (non-hydrogen) atoms. The van der Waals surface area contributed by atoms with Crippen molar-refractivity contribution < 1.29 is 4.74 Å². The van der Waals surface area contributed by atoms with Crippen LogP contribution in [0.1, 0.15) is 36.3 Å². The lowest BCUT2D eigenvalue weighted by atomic mass is 9.72. The van der Waals surface area contributed by atoms with Crippen LogP contribution in [0.5, 0.6) is 5.75 Å². The van der Waals surface area contributed by atoms with E-state index in [9.17, 15) is 0 Å². The van der Waals surface area contributed by atoms with E-state index in [-0.39, 0.29) is 16.7 Å². The molecule has 2 aromatic carbocycles. The summed E-state index contributed by atoms with van der Waals surface area (Å²) in [5.74, 6) is 0.885. The summed E-state index contributed by atoms with van der Waals surface area (Å²) in [4.78, 5) is 4.56. The van der Waals surface area contributed by atoms with Gasteiger partial charge < -0.3 is 10.1 Å². The first-order chi connectivity index (χ1) is 13.1. The first-order valence-corrected chi connectivity index (χ1v) is 10.0. The summed E-state index contributed by atoms with van der Waals surface area (Å²) in [6.07, 6.45) is 1.86. The highest BCUT2D eigenvalue weighted by atomic mass is 32.2. The molecule has 1 aromatic heterocycles. The summed E-state index contributed by atoms with van der Waals surface area (Å²) >= 11 is 1.83. The van der Waals surface area contributed by atoms with Crippen molar-refractivity contribution in [2.75, 3.05) is 12.4 Å². The second-order valence-electron chi connectivity index (χ2n) is 7.43. The maximum atomic E-state index is 5.51. The van der Waals surface area contributed by atoms with Crippen molar-refractivity contribution in [2.24, 2.45) is 5.41 Å². The lowest BCUT2D eigenvalue weighted by Gasteiger charge is -2.46. The normalized spacial score (nSPS) is 20.4. The van der Waals surface area contributed by atoms with E-state index in [0.717, 1.165) is 16.5 Å². The van der Waals surface area contributed by atoms with E-state index in [0.29, 0.717) is 0 Å². The largest absolute Gasteiger partial charge is 0.497 e. The molecule has 0 radical (unpaired) electrons. The molecule has 2 heterocycles. The topological polar surface area (TPSA) is 34.1 Å². The third-order valence-electron chi connectivity index (χ3n) is 5.27. The lowest BCUT2D eigenvalue weighted by molar-refractivity contribution is 0.287. The number of hydrogen-bond acceptors (Lipinski definition) is 4. The van der Waals surface area contributed by atoms with E-state index in [1.54, 1.807) is 7.11 Å². The van der Waals surface area contributed by atoms with Crippen molar-refractivity contribution in [3.05, 3.63) is 84.1 Å². The van der Waals surface area contributed by atoms with Crippen LogP contribution in [0.3, 0.4) is 0 Å². The van der Waals surface area contributed by atoms with Gasteiger partial charge in [0.15, 0.2) is 0 Å². The van der Waals surface area contributed by atoms with E-state index < -0.39 is 0 Å². The smallest absolute Gasteiger partial charge is 0.119 e. The maximum absolute atomic E-state index is 5.51. The lowest BCUT2D eigenvalue weighted by Crippen LogP contribution is -2.37. The molecule has 1 aliphatic heterocycles. The second kappa shape index (κ2) is 7.28. The predicted octanol–water partition coefficient (Wildman–Crippen LogP) is 6.12. The number of anilines is 1. The van der Waals surface area contributed by atoms with Crippen LogP contribution in [0.15, 0.2) is 78.0 Å². The molecular formula is C23H24N2OS. The highest BCUT2D eigenvalue weighted by molar-refractivity contribution is 7.99. The molecule has 0 bridgehead atoms. The highest BCUT2D eigenvalue weighted by Crippen LogP contribution is 2.58. The Morgan fingerprint density at radius 1 is 1.00 bits per heavy atom. The minimum atomic E-state index is -0.0388. The first kappa shape index (κ1) is 17.9. The molecule has 0 saturated heterocycles. The molecule has 0 fully saturated rings. The minimum absolute atomic E-state index is 0.0388. The molecule has 4 rings (SSSR count). The molecule has 4 heteroatoms. The van der Waals surface area contributed by atoms with Crippen LogP contribution in [0.2, 0.25) is 0 Å². The Balaban J connectivity index is 1.82. The Bertz CT molecular complexity index is 912. The van der Waals surface area contributed by atoms with Gasteiger partial charge >= 0.3 is 0 Å². The fourth-order valence-electron chi connectivity index (χ4n) is 3.82. The van der Waals surface area contributed by atoms with Crippen LogP contribution in [-0.4, -0.2) is 12.1 Å². The summed E-state index contributed by atoms with van der Waals surface area (Å²) in [7, 11) is 1.72. The number of benzene rings is 2. The van der Waals surface area contributed by atoms with Crippen LogP contribution in [-0.2, 0) is 0 Å². The molecule has 1 N–H and O–H groups in total. The van der Waals surface area contributed by atoms with Gasteiger partial charge in [-0.3, -0.25) is 0 Å². The number of methoxy groups -OCH3 is 1. The summed E-state index contributed by atoms with van der Waals surface area (Å²) < 4.78 is 5.51. The van der Waals surface area contributed by atoms with Gasteiger partial charge in [0.05, 0.1) is 18.2 Å². The van der Waals surface area contributed by atoms with E-state index >= 15 is 0 Å². The third-order valence-corrected chi connectivity index (χ3v) is 6.85. The predicted molar refractivity (Wildman–Crippen MR) is 112 cm³/mol. The number of hydrogen-bond donors (Lipinski definition) is 1. The Hall–Kier alpha value is -2.46. The van der Waals surface area contributed by atoms with Gasteiger partial charge in [-0.2, -0.15) is 0 Å². The average molecular weight is 377 g/mol. The Kier molecular flexibility index (Phi) is 4.83. The van der Waals surface area contributed by atoms with E-state index in [4.69, 9.17) is 4.74 Å². The van der Waals surface area contributed by atoms with Crippen molar-refractivity contribution in [3.63, 3.8) is 0 Å². The van der Waals surface area contributed by atoms with E-state index in [2.05, 4.69) is 72.7 Å². The fraction of sp³-hybridized carbons (Fsp3) is 0.261. The molecule has 3 aromatic rings. The summed E-state index contributed by atoms with van der Waals surface area (Å²) in [6.45, 7) is 4.67. The molecule has 0 saturated carbocycles. The molecule has 0 spiro atoms. The molecular weight excluding hydrogens is 352 g/mol. The zero-order chi connectivity index (χ0) is 18.9. The van der Waals surface area contributed by atoms with Gasteiger partial charge in [0, 0.05) is 22.5 Å². The zero-order valence-electron chi connectivity index (χ0n) is 15.8. The zero-order valence-corrected chi connectivity index (χ0v) is 16.7. The van der Waals surface area contributed by atoms with Crippen LogP contribution < -0.4 is 10.1 Å². The van der Waals surface area contributed by atoms with E-state index in [1.807, 2.05) is 36.2 Å². The fourth-order valence-corrected chi connectivity index (χ4v) is 5.10. The van der Waals surface area contributed by atoms with Crippen molar-refractivity contribution >= 4 is 17.4 Å². The molecule has 3 nitrogen and oxygen atoms in total. The maximum Gasteiger partial charge on any atom is 0.119 e. The molecule has 138 valence electrons. The van der Waals surface area contributed by atoms with Gasteiger partial charge in [0.2, 0.25) is 0 Å². The number of nitrogens with zero attached hydrogens (tertiary/aromatic N) is 1. The summed E-state index contributed by atoms with van der Waals surface area (Å²) in [5.41, 5.74) is 3.69. The molecule has 2 atom stereocenters. The van der Waals surface area contributed by atoms with Gasteiger partial charge in [-0.05, 0) is 41.5 Å². The SMILES string of the molecule is COc1ccc2c(c1)[C@@H](Sc1ccccn1)C(C)(C)[C@@H](c1ccccc1)N2. The number of thioether (sulfide) groups is 1. The van der Waals surface area contributed by atoms with Crippen LogP contribution in [0.4, 0.5) is 5.69 Å². The number of aromatic nitrogens is 1. The molecule has 1 aliphatic rings. The third kappa shape index (κ3) is 3.42. The van der Waals surface area contributed by atoms with Gasteiger partial charge in [-0.15, -0.1) is 0 Å². The van der Waals surface area contributed by atoms with Crippen LogP contribution >= 0.6 is 11.8 Å². The standard InChI is InChI=1S/C23H24N2OS/c1-23(2)21(16-9-5-4-6-10-16)25-19-13-12-17(26-3)15-18(19)22(23)27-20-11-7-8-14-24-20/h4-15,21-22,25H,1-3H3/t21-,22-/m1/s1. The molecule has 0 aliphatic carbocycles. The van der Waals surface area contributed by atoms with Gasteiger partial charge in [-0.25, -0.2) is 4.98 Å². The van der Waals surface area contributed by atoms with Crippen molar-refractivity contribution in [2.45, 2.75) is 30.2 Å². The second-order valence-corrected chi connectivity index (χ2v) is 8.55. The Morgan fingerprint density at radius 2 is 1.78 bits per heavy atom. The number of nitrogens with one attached hydrogen (secondary N) is 1. The average Bonchev–Trinajstić information content (AvgIpc) is 2.71. The first-order valence-electron chi connectivity index (χ1n) is 9.16. The number of ether oxygens (including phenoxy) is 1. The van der Waals surface area contributed by atoms with Gasteiger partial charge in [-0.1, -0.05) is 62.0 Å².